The Bertz CT molecular complexity index is 3790. The van der Waals surface area contributed by atoms with Crippen molar-refractivity contribution in [3.05, 3.63) is 200 Å². The summed E-state index contributed by atoms with van der Waals surface area (Å²) in [6.07, 6.45) is 0. The molecule has 12 aromatic carbocycles. The summed E-state index contributed by atoms with van der Waals surface area (Å²) in [5, 5.41) is 20.0. The molecule has 0 aliphatic heterocycles. The van der Waals surface area contributed by atoms with Crippen LogP contribution in [0.2, 0.25) is 0 Å². The molecule has 58 heavy (non-hydrogen) atoms. The number of furan rings is 1. The maximum Gasteiger partial charge on any atom is 0.143 e. The Labute approximate surface area is 333 Å². The van der Waals surface area contributed by atoms with Crippen LogP contribution < -0.4 is 4.90 Å². The Morgan fingerprint density at radius 1 is 0.310 bits per heavy atom. The topological polar surface area (TPSA) is 16.4 Å². The van der Waals surface area contributed by atoms with E-state index in [1.54, 1.807) is 0 Å². The van der Waals surface area contributed by atoms with Crippen LogP contribution in [0, 0.1) is 0 Å². The highest BCUT2D eigenvalue weighted by molar-refractivity contribution is 6.37. The van der Waals surface area contributed by atoms with Crippen molar-refractivity contribution in [2.75, 3.05) is 4.90 Å². The molecule has 1 aromatic heterocycles. The van der Waals surface area contributed by atoms with E-state index in [2.05, 4.69) is 193 Å². The van der Waals surface area contributed by atoms with Crippen molar-refractivity contribution in [2.45, 2.75) is 0 Å². The fourth-order valence-corrected chi connectivity index (χ4v) is 9.99. The normalized spacial score (nSPS) is 12.1. The molecule has 0 spiro atoms. The van der Waals surface area contributed by atoms with E-state index in [4.69, 9.17) is 4.42 Å². The first-order valence-corrected chi connectivity index (χ1v) is 20.0. The summed E-state index contributed by atoms with van der Waals surface area (Å²) < 4.78 is 6.48. The van der Waals surface area contributed by atoms with Crippen molar-refractivity contribution in [3.8, 4) is 11.1 Å². The van der Waals surface area contributed by atoms with Crippen LogP contribution in [0.3, 0.4) is 0 Å². The second-order valence-corrected chi connectivity index (χ2v) is 15.6. The van der Waals surface area contributed by atoms with Gasteiger partial charge in [-0.15, -0.1) is 0 Å². The van der Waals surface area contributed by atoms with Crippen molar-refractivity contribution in [3.63, 3.8) is 0 Å². The van der Waals surface area contributed by atoms with E-state index in [-0.39, 0.29) is 0 Å². The SMILES string of the molecule is c1ccc2c(N(c3ccc(-c4cccc5c4oc4ccccc45)cc3)c3cc4ccc5cccc6c7cccc8ccc9cccc(c(c3)c4c56)c9c87)cccc2c1. The highest BCUT2D eigenvalue weighted by Gasteiger charge is 2.21. The number of para-hydroxylation sites is 2. The van der Waals surface area contributed by atoms with Gasteiger partial charge in [0.2, 0.25) is 0 Å². The van der Waals surface area contributed by atoms with E-state index < -0.39 is 0 Å². The molecule has 0 saturated heterocycles. The lowest BCUT2D eigenvalue weighted by molar-refractivity contribution is 0.670. The van der Waals surface area contributed by atoms with Crippen molar-refractivity contribution in [2.24, 2.45) is 0 Å². The third-order valence-corrected chi connectivity index (χ3v) is 12.5. The minimum Gasteiger partial charge on any atom is -0.455 e. The second-order valence-electron chi connectivity index (χ2n) is 15.6. The smallest absolute Gasteiger partial charge is 0.143 e. The molecule has 0 N–H and O–H groups in total. The zero-order chi connectivity index (χ0) is 37.9. The summed E-state index contributed by atoms with van der Waals surface area (Å²) >= 11 is 0. The molecule has 0 amide bonds. The minimum absolute atomic E-state index is 0.908. The van der Waals surface area contributed by atoms with Crippen LogP contribution in [0.5, 0.6) is 0 Å². The van der Waals surface area contributed by atoms with Gasteiger partial charge in [-0.2, -0.15) is 0 Å². The van der Waals surface area contributed by atoms with Crippen LogP contribution >= 0.6 is 0 Å². The van der Waals surface area contributed by atoms with Crippen molar-refractivity contribution < 1.29 is 4.42 Å². The van der Waals surface area contributed by atoms with Crippen LogP contribution in [0.1, 0.15) is 0 Å². The largest absolute Gasteiger partial charge is 0.455 e. The van der Waals surface area contributed by atoms with Gasteiger partial charge in [-0.3, -0.25) is 0 Å². The molecular formula is C56H33NO. The van der Waals surface area contributed by atoms with Crippen LogP contribution in [-0.2, 0) is 0 Å². The zero-order valence-electron chi connectivity index (χ0n) is 31.4. The first-order chi connectivity index (χ1) is 28.8. The number of hydrogen-bond acceptors (Lipinski definition) is 2. The van der Waals surface area contributed by atoms with E-state index in [0.717, 1.165) is 50.1 Å². The maximum atomic E-state index is 6.48. The summed E-state index contributed by atoms with van der Waals surface area (Å²) in [4.78, 5) is 2.45. The van der Waals surface area contributed by atoms with Crippen LogP contribution in [-0.4, -0.2) is 0 Å². The van der Waals surface area contributed by atoms with Crippen molar-refractivity contribution in [1.29, 1.82) is 0 Å². The van der Waals surface area contributed by atoms with Gasteiger partial charge >= 0.3 is 0 Å². The standard InChI is InChI=1S/C56H33NO/c1-2-15-42-34(10-1)11-8-22-50(42)57(40-30-28-35(29-31-40)43-17-9-21-48-44-16-3-4-23-51(44)58-56(43)48)41-32-39-27-26-38-13-6-19-46-45-18-5-12-36-24-25-37-14-7-20-47(54(37)52(36)45)49(33-41)55(39)53(38)46/h1-33H. The summed E-state index contributed by atoms with van der Waals surface area (Å²) in [5.74, 6) is 0. The van der Waals surface area contributed by atoms with E-state index in [1.807, 2.05) is 12.1 Å². The van der Waals surface area contributed by atoms with Crippen LogP contribution in [0.15, 0.2) is 205 Å². The average Bonchev–Trinajstić information content (AvgIpc) is 3.67. The van der Waals surface area contributed by atoms with Gasteiger partial charge in [0, 0.05) is 33.1 Å². The number of benzene rings is 11. The fraction of sp³-hybridized carbons (Fsp3) is 0. The predicted molar refractivity (Wildman–Crippen MR) is 248 cm³/mol. The van der Waals surface area contributed by atoms with Gasteiger partial charge in [0.15, 0.2) is 0 Å². The Kier molecular flexibility index (Phi) is 6.47. The molecule has 0 aliphatic rings. The Morgan fingerprint density at radius 2 is 0.828 bits per heavy atom. The maximum absolute atomic E-state index is 6.48. The Balaban J connectivity index is 1.12. The summed E-state index contributed by atoms with van der Waals surface area (Å²) in [6.45, 7) is 0. The molecule has 0 radical (unpaired) electrons. The number of nitrogens with zero attached hydrogens (tertiary/aromatic N) is 1. The molecule has 2 heteroatoms. The van der Waals surface area contributed by atoms with Crippen LogP contribution in [0.25, 0.3) is 108 Å². The molecule has 268 valence electrons. The number of anilines is 3. The Hall–Kier alpha value is -7.68. The fourth-order valence-electron chi connectivity index (χ4n) is 9.99. The van der Waals surface area contributed by atoms with Gasteiger partial charge in [0.05, 0.1) is 5.69 Å². The first kappa shape index (κ1) is 31.5. The molecule has 13 aromatic rings. The number of rotatable bonds is 4. The first-order valence-electron chi connectivity index (χ1n) is 20.0. The molecule has 13 rings (SSSR count). The van der Waals surface area contributed by atoms with Gasteiger partial charge < -0.3 is 9.32 Å². The monoisotopic (exact) mass is 735 g/mol. The van der Waals surface area contributed by atoms with Gasteiger partial charge in [-0.05, 0) is 112 Å². The predicted octanol–water partition coefficient (Wildman–Crippen LogP) is 16.2. The molecular weight excluding hydrogens is 703 g/mol. The molecule has 0 unspecified atom stereocenters. The lowest BCUT2D eigenvalue weighted by Crippen LogP contribution is -2.10. The zero-order valence-corrected chi connectivity index (χ0v) is 31.4. The molecule has 0 bridgehead atoms. The molecule has 1 heterocycles. The molecule has 0 atom stereocenters. The van der Waals surface area contributed by atoms with Crippen LogP contribution in [0.4, 0.5) is 17.1 Å². The summed E-state index contributed by atoms with van der Waals surface area (Å²) in [6, 6.07) is 73.6. The molecule has 0 saturated carbocycles. The van der Waals surface area contributed by atoms with Crippen molar-refractivity contribution >= 4 is 114 Å². The minimum atomic E-state index is 0.908. The van der Waals surface area contributed by atoms with Gasteiger partial charge in [-0.1, -0.05) is 164 Å². The van der Waals surface area contributed by atoms with E-state index in [9.17, 15) is 0 Å². The van der Waals surface area contributed by atoms with Gasteiger partial charge in [0.1, 0.15) is 11.2 Å². The quantitative estimate of drug-likeness (QED) is 0.167. The summed E-state index contributed by atoms with van der Waals surface area (Å²) in [5.41, 5.74) is 7.36. The second kappa shape index (κ2) is 11.9. The van der Waals surface area contributed by atoms with E-state index >= 15 is 0 Å². The third kappa shape index (κ3) is 4.43. The molecule has 0 aliphatic carbocycles. The lowest BCUT2D eigenvalue weighted by Gasteiger charge is -2.28. The average molecular weight is 736 g/mol. The number of hydrogen-bond donors (Lipinski definition) is 0. The molecule has 2 nitrogen and oxygen atoms in total. The van der Waals surface area contributed by atoms with E-state index in [1.165, 1.54) is 75.4 Å². The number of fused-ring (bicyclic) bond motifs is 6. The Morgan fingerprint density at radius 3 is 1.55 bits per heavy atom. The van der Waals surface area contributed by atoms with Gasteiger partial charge in [0.25, 0.3) is 0 Å². The summed E-state index contributed by atoms with van der Waals surface area (Å²) in [7, 11) is 0. The molecule has 0 fully saturated rings. The lowest BCUT2D eigenvalue weighted by atomic mass is 9.87. The van der Waals surface area contributed by atoms with Gasteiger partial charge in [-0.25, -0.2) is 0 Å². The van der Waals surface area contributed by atoms with E-state index in [0.29, 0.717) is 0 Å². The highest BCUT2D eigenvalue weighted by Crippen LogP contribution is 2.47. The third-order valence-electron chi connectivity index (χ3n) is 12.5. The highest BCUT2D eigenvalue weighted by atomic mass is 16.3. The van der Waals surface area contributed by atoms with Crippen molar-refractivity contribution in [1.82, 2.24) is 0 Å².